The molecule has 4 nitrogen and oxygen atoms in total. The van der Waals surface area contributed by atoms with Crippen molar-refractivity contribution in [3.8, 4) is 0 Å². The molecule has 1 aromatic heterocycles. The fraction of sp³-hybridized carbons (Fsp3) is 0.600. The number of carbonyl (C=O) groups excluding carboxylic acids is 1. The lowest BCUT2D eigenvalue weighted by molar-refractivity contribution is 0.0697. The lowest BCUT2D eigenvalue weighted by atomic mass is 9.94. The van der Waals surface area contributed by atoms with Gasteiger partial charge in [0.1, 0.15) is 5.82 Å². The van der Waals surface area contributed by atoms with Gasteiger partial charge in [-0.3, -0.25) is 4.79 Å². The van der Waals surface area contributed by atoms with Crippen LogP contribution in [0.5, 0.6) is 0 Å². The van der Waals surface area contributed by atoms with Crippen molar-refractivity contribution >= 4 is 11.7 Å². The average Bonchev–Trinajstić information content (AvgIpc) is 2.47. The SMILES string of the molecule is CCNc1ncccc1C(=O)N(C)C1CCCCC1. The fourth-order valence-corrected chi connectivity index (χ4v) is 2.71. The van der Waals surface area contributed by atoms with E-state index in [4.69, 9.17) is 0 Å². The highest BCUT2D eigenvalue weighted by atomic mass is 16.2. The van der Waals surface area contributed by atoms with Gasteiger partial charge in [0, 0.05) is 25.8 Å². The van der Waals surface area contributed by atoms with E-state index in [-0.39, 0.29) is 5.91 Å². The second kappa shape index (κ2) is 6.55. The van der Waals surface area contributed by atoms with Crippen LogP contribution >= 0.6 is 0 Å². The molecular formula is C15H23N3O. The van der Waals surface area contributed by atoms with E-state index in [9.17, 15) is 4.79 Å². The quantitative estimate of drug-likeness (QED) is 0.906. The van der Waals surface area contributed by atoms with Crippen LogP contribution in [-0.2, 0) is 0 Å². The Labute approximate surface area is 115 Å². The summed E-state index contributed by atoms with van der Waals surface area (Å²) >= 11 is 0. The van der Waals surface area contributed by atoms with Crippen molar-refractivity contribution in [2.24, 2.45) is 0 Å². The van der Waals surface area contributed by atoms with Gasteiger partial charge < -0.3 is 10.2 Å². The van der Waals surface area contributed by atoms with Gasteiger partial charge >= 0.3 is 0 Å². The maximum absolute atomic E-state index is 12.6. The highest BCUT2D eigenvalue weighted by Crippen LogP contribution is 2.24. The summed E-state index contributed by atoms with van der Waals surface area (Å²) in [5, 5.41) is 3.16. The number of aromatic nitrogens is 1. The number of nitrogens with one attached hydrogen (secondary N) is 1. The Morgan fingerprint density at radius 3 is 2.84 bits per heavy atom. The van der Waals surface area contributed by atoms with Gasteiger partial charge in [0.25, 0.3) is 5.91 Å². The molecule has 0 unspecified atom stereocenters. The Bertz CT molecular complexity index is 427. The van der Waals surface area contributed by atoms with Crippen molar-refractivity contribution in [2.75, 3.05) is 18.9 Å². The first-order chi connectivity index (χ1) is 9.24. The molecule has 1 fully saturated rings. The van der Waals surface area contributed by atoms with Gasteiger partial charge in [0.15, 0.2) is 0 Å². The van der Waals surface area contributed by atoms with E-state index in [2.05, 4.69) is 10.3 Å². The molecule has 2 rings (SSSR count). The Morgan fingerprint density at radius 2 is 2.16 bits per heavy atom. The van der Waals surface area contributed by atoms with E-state index in [1.807, 2.05) is 31.0 Å². The normalized spacial score (nSPS) is 16.1. The molecule has 0 aliphatic heterocycles. The summed E-state index contributed by atoms with van der Waals surface area (Å²) in [6.45, 7) is 2.78. The van der Waals surface area contributed by atoms with Crippen LogP contribution in [0.2, 0.25) is 0 Å². The number of pyridine rings is 1. The molecule has 1 heterocycles. The summed E-state index contributed by atoms with van der Waals surface area (Å²) in [6, 6.07) is 4.06. The molecular weight excluding hydrogens is 238 g/mol. The minimum absolute atomic E-state index is 0.0796. The van der Waals surface area contributed by atoms with Crippen molar-refractivity contribution in [3.05, 3.63) is 23.9 Å². The van der Waals surface area contributed by atoms with E-state index >= 15 is 0 Å². The third-order valence-electron chi connectivity index (χ3n) is 3.83. The minimum atomic E-state index is 0.0796. The molecule has 1 saturated carbocycles. The summed E-state index contributed by atoms with van der Waals surface area (Å²) in [5.41, 5.74) is 0.678. The highest BCUT2D eigenvalue weighted by molar-refractivity contribution is 5.98. The average molecular weight is 261 g/mol. The molecule has 1 aliphatic rings. The number of hydrogen-bond donors (Lipinski definition) is 1. The molecule has 4 heteroatoms. The molecule has 0 aromatic carbocycles. The summed E-state index contributed by atoms with van der Waals surface area (Å²) in [7, 11) is 1.92. The number of amides is 1. The monoisotopic (exact) mass is 261 g/mol. The van der Waals surface area contributed by atoms with Gasteiger partial charge in [-0.25, -0.2) is 4.98 Å². The summed E-state index contributed by atoms with van der Waals surface area (Å²) < 4.78 is 0. The van der Waals surface area contributed by atoms with Crippen molar-refractivity contribution < 1.29 is 4.79 Å². The summed E-state index contributed by atoms with van der Waals surface area (Å²) in [5.74, 6) is 0.772. The van der Waals surface area contributed by atoms with Gasteiger partial charge in [-0.2, -0.15) is 0 Å². The third-order valence-corrected chi connectivity index (χ3v) is 3.83. The standard InChI is InChI=1S/C15H23N3O/c1-3-16-14-13(10-7-11-17-14)15(19)18(2)12-8-5-4-6-9-12/h7,10-12H,3-6,8-9H2,1-2H3,(H,16,17). The van der Waals surface area contributed by atoms with Gasteiger partial charge in [-0.15, -0.1) is 0 Å². The van der Waals surface area contributed by atoms with Crippen LogP contribution in [0.3, 0.4) is 0 Å². The van der Waals surface area contributed by atoms with Crippen LogP contribution in [0.1, 0.15) is 49.4 Å². The van der Waals surface area contributed by atoms with Crippen LogP contribution in [0.25, 0.3) is 0 Å². The Balaban J connectivity index is 2.13. The second-order valence-electron chi connectivity index (χ2n) is 5.14. The van der Waals surface area contributed by atoms with Crippen molar-refractivity contribution in [1.29, 1.82) is 0 Å². The number of carbonyl (C=O) groups is 1. The molecule has 0 radical (unpaired) electrons. The van der Waals surface area contributed by atoms with Gasteiger partial charge in [-0.1, -0.05) is 19.3 Å². The highest BCUT2D eigenvalue weighted by Gasteiger charge is 2.24. The maximum atomic E-state index is 12.6. The first-order valence-corrected chi connectivity index (χ1v) is 7.20. The largest absolute Gasteiger partial charge is 0.370 e. The lowest BCUT2D eigenvalue weighted by Crippen LogP contribution is -2.38. The molecule has 0 atom stereocenters. The summed E-state index contributed by atoms with van der Waals surface area (Å²) in [6.07, 6.45) is 7.73. The number of hydrogen-bond acceptors (Lipinski definition) is 3. The fourth-order valence-electron chi connectivity index (χ4n) is 2.71. The van der Waals surface area contributed by atoms with Gasteiger partial charge in [0.05, 0.1) is 5.56 Å². The summed E-state index contributed by atoms with van der Waals surface area (Å²) in [4.78, 5) is 18.7. The van der Waals surface area contributed by atoms with Gasteiger partial charge in [-0.05, 0) is 31.9 Å². The van der Waals surface area contributed by atoms with E-state index < -0.39 is 0 Å². The molecule has 1 N–H and O–H groups in total. The van der Waals surface area contributed by atoms with Crippen LogP contribution in [-0.4, -0.2) is 35.4 Å². The first kappa shape index (κ1) is 13.8. The van der Waals surface area contributed by atoms with Crippen molar-refractivity contribution in [2.45, 2.75) is 45.1 Å². The lowest BCUT2D eigenvalue weighted by Gasteiger charge is -2.31. The Morgan fingerprint density at radius 1 is 1.42 bits per heavy atom. The predicted molar refractivity (Wildman–Crippen MR) is 77.4 cm³/mol. The van der Waals surface area contributed by atoms with Gasteiger partial charge in [0.2, 0.25) is 0 Å². The topological polar surface area (TPSA) is 45.2 Å². The van der Waals surface area contributed by atoms with E-state index in [0.717, 1.165) is 19.4 Å². The van der Waals surface area contributed by atoms with Crippen molar-refractivity contribution in [1.82, 2.24) is 9.88 Å². The molecule has 1 aromatic rings. The second-order valence-corrected chi connectivity index (χ2v) is 5.14. The molecule has 104 valence electrons. The molecule has 0 spiro atoms. The van der Waals surface area contributed by atoms with Crippen LogP contribution in [0.4, 0.5) is 5.82 Å². The third kappa shape index (κ3) is 3.25. The zero-order valence-corrected chi connectivity index (χ0v) is 11.9. The predicted octanol–water partition coefficient (Wildman–Crippen LogP) is 2.92. The number of rotatable bonds is 4. The van der Waals surface area contributed by atoms with E-state index in [0.29, 0.717) is 17.4 Å². The zero-order valence-electron chi connectivity index (χ0n) is 11.9. The number of nitrogens with zero attached hydrogens (tertiary/aromatic N) is 2. The molecule has 0 saturated heterocycles. The zero-order chi connectivity index (χ0) is 13.7. The maximum Gasteiger partial charge on any atom is 0.257 e. The molecule has 0 bridgehead atoms. The van der Waals surface area contributed by atoms with E-state index in [1.165, 1.54) is 19.3 Å². The molecule has 1 amide bonds. The first-order valence-electron chi connectivity index (χ1n) is 7.20. The molecule has 1 aliphatic carbocycles. The smallest absolute Gasteiger partial charge is 0.257 e. The Hall–Kier alpha value is -1.58. The number of anilines is 1. The van der Waals surface area contributed by atoms with Crippen LogP contribution in [0.15, 0.2) is 18.3 Å². The Kier molecular flexibility index (Phi) is 4.77. The van der Waals surface area contributed by atoms with E-state index in [1.54, 1.807) is 6.20 Å². The van der Waals surface area contributed by atoms with Crippen molar-refractivity contribution in [3.63, 3.8) is 0 Å². The van der Waals surface area contributed by atoms with Crippen LogP contribution in [0, 0.1) is 0 Å². The minimum Gasteiger partial charge on any atom is -0.370 e. The van der Waals surface area contributed by atoms with Crippen LogP contribution < -0.4 is 5.32 Å². The molecule has 19 heavy (non-hydrogen) atoms.